The lowest BCUT2D eigenvalue weighted by molar-refractivity contribution is -0.121. The molecule has 8 heteroatoms. The molecule has 0 radical (unpaired) electrons. The summed E-state index contributed by atoms with van der Waals surface area (Å²) in [5.74, 6) is 1.25. The zero-order valence-electron chi connectivity index (χ0n) is 17.2. The molecular weight excluding hydrogens is 386 g/mol. The summed E-state index contributed by atoms with van der Waals surface area (Å²) in [6, 6.07) is 12.8. The number of anilines is 1. The van der Waals surface area contributed by atoms with E-state index in [9.17, 15) is 9.59 Å². The highest BCUT2D eigenvalue weighted by molar-refractivity contribution is 6.06. The van der Waals surface area contributed by atoms with E-state index in [-0.39, 0.29) is 18.4 Å². The number of benzene rings is 2. The van der Waals surface area contributed by atoms with Gasteiger partial charge in [0.15, 0.2) is 11.5 Å². The number of carbonyl (C=O) groups is 2. The number of nitrogens with zero attached hydrogens (tertiary/aromatic N) is 1. The first-order chi connectivity index (χ1) is 14.5. The number of methoxy groups -OCH3 is 2. The molecule has 0 saturated heterocycles. The molecule has 1 heterocycles. The molecule has 2 N–H and O–H groups in total. The van der Waals surface area contributed by atoms with Gasteiger partial charge in [0, 0.05) is 24.4 Å². The van der Waals surface area contributed by atoms with Crippen LogP contribution >= 0.6 is 0 Å². The molecule has 8 nitrogen and oxygen atoms in total. The van der Waals surface area contributed by atoms with E-state index in [0.717, 1.165) is 16.8 Å². The van der Waals surface area contributed by atoms with E-state index in [1.807, 2.05) is 37.3 Å². The van der Waals surface area contributed by atoms with Gasteiger partial charge in [0.2, 0.25) is 5.91 Å². The van der Waals surface area contributed by atoms with E-state index in [4.69, 9.17) is 14.2 Å². The van der Waals surface area contributed by atoms with Crippen molar-refractivity contribution < 1.29 is 23.8 Å². The summed E-state index contributed by atoms with van der Waals surface area (Å²) in [6.07, 6.45) is 0.431. The highest BCUT2D eigenvalue weighted by Gasteiger charge is 2.21. The first kappa shape index (κ1) is 21.2. The minimum absolute atomic E-state index is 0.0408. The van der Waals surface area contributed by atoms with Gasteiger partial charge in [0.25, 0.3) is 0 Å². The van der Waals surface area contributed by atoms with E-state index in [2.05, 4.69) is 15.8 Å². The number of rotatable bonds is 7. The molecule has 2 aromatic rings. The van der Waals surface area contributed by atoms with Crippen LogP contribution in [0, 0.1) is 5.92 Å². The Morgan fingerprint density at radius 2 is 1.87 bits per heavy atom. The predicted octanol–water partition coefficient (Wildman–Crippen LogP) is 3.36. The molecule has 0 spiro atoms. The molecule has 1 unspecified atom stereocenters. The number of hydrogen-bond acceptors (Lipinski definition) is 6. The summed E-state index contributed by atoms with van der Waals surface area (Å²) >= 11 is 0. The molecule has 0 bridgehead atoms. The minimum Gasteiger partial charge on any atom is -0.493 e. The zero-order chi connectivity index (χ0) is 21.5. The van der Waals surface area contributed by atoms with Crippen molar-refractivity contribution >= 4 is 23.4 Å². The van der Waals surface area contributed by atoms with Gasteiger partial charge in [-0.2, -0.15) is 5.10 Å². The average molecular weight is 411 g/mol. The second-order valence-corrected chi connectivity index (χ2v) is 6.91. The van der Waals surface area contributed by atoms with Crippen molar-refractivity contribution in [3.63, 3.8) is 0 Å². The Balaban J connectivity index is 1.50. The Kier molecular flexibility index (Phi) is 6.90. The smallest absolute Gasteiger partial charge is 0.411 e. The van der Waals surface area contributed by atoms with Crippen LogP contribution in [-0.2, 0) is 16.0 Å². The molecule has 2 amide bonds. The summed E-state index contributed by atoms with van der Waals surface area (Å²) in [5.41, 5.74) is 5.80. The van der Waals surface area contributed by atoms with Crippen LogP contribution in [0.2, 0.25) is 0 Å². The number of hydrazone groups is 1. The molecular formula is C22H25N3O5. The maximum atomic E-state index is 12.1. The lowest BCUT2D eigenvalue weighted by atomic mass is 9.94. The van der Waals surface area contributed by atoms with Gasteiger partial charge in [-0.3, -0.25) is 10.1 Å². The number of nitrogens with one attached hydrogen (secondary N) is 2. The fraction of sp³-hybridized carbons (Fsp3) is 0.318. The first-order valence-electron chi connectivity index (χ1n) is 9.61. The first-order valence-corrected chi connectivity index (χ1v) is 9.61. The van der Waals surface area contributed by atoms with Crippen LogP contribution < -0.4 is 20.2 Å². The molecule has 30 heavy (non-hydrogen) atoms. The van der Waals surface area contributed by atoms with Gasteiger partial charge < -0.3 is 14.2 Å². The number of hydrogen-bond donors (Lipinski definition) is 2. The van der Waals surface area contributed by atoms with Crippen LogP contribution in [-0.4, -0.2) is 38.5 Å². The molecule has 1 atom stereocenters. The quantitative estimate of drug-likeness (QED) is 0.728. The van der Waals surface area contributed by atoms with Crippen molar-refractivity contribution in [1.29, 1.82) is 0 Å². The van der Waals surface area contributed by atoms with Gasteiger partial charge in [0.1, 0.15) is 0 Å². The van der Waals surface area contributed by atoms with Gasteiger partial charge in [0.05, 0.1) is 26.5 Å². The van der Waals surface area contributed by atoms with E-state index >= 15 is 0 Å². The summed E-state index contributed by atoms with van der Waals surface area (Å²) in [4.78, 5) is 23.4. The van der Waals surface area contributed by atoms with Crippen LogP contribution in [0.3, 0.4) is 0 Å². The topological polar surface area (TPSA) is 98.3 Å². The Hall–Kier alpha value is -3.55. The standard InChI is InChI=1S/C22H25N3O5/c1-14-12-20(26)24-25-21(14)16-5-7-17(8-6-16)23-22(27)30-11-10-15-4-9-18(28-2)19(13-15)29-3/h4-9,13-14H,10-12H2,1-3H3,(H,23,27)(H,24,26). The van der Waals surface area contributed by atoms with Crippen LogP contribution in [0.25, 0.3) is 0 Å². The second kappa shape index (κ2) is 9.78. The van der Waals surface area contributed by atoms with Crippen molar-refractivity contribution in [3.05, 3.63) is 53.6 Å². The number of amides is 2. The molecule has 2 aromatic carbocycles. The lowest BCUT2D eigenvalue weighted by Crippen LogP contribution is -2.31. The zero-order valence-corrected chi connectivity index (χ0v) is 17.2. The third-order valence-corrected chi connectivity index (χ3v) is 4.76. The van der Waals surface area contributed by atoms with Gasteiger partial charge >= 0.3 is 6.09 Å². The summed E-state index contributed by atoms with van der Waals surface area (Å²) in [7, 11) is 3.16. The lowest BCUT2D eigenvalue weighted by Gasteiger charge is -2.19. The Morgan fingerprint density at radius 3 is 2.53 bits per heavy atom. The maximum Gasteiger partial charge on any atom is 0.411 e. The molecule has 158 valence electrons. The van der Waals surface area contributed by atoms with Gasteiger partial charge in [-0.1, -0.05) is 25.1 Å². The van der Waals surface area contributed by atoms with Crippen molar-refractivity contribution in [2.45, 2.75) is 19.8 Å². The Labute approximate surface area is 175 Å². The van der Waals surface area contributed by atoms with Crippen molar-refractivity contribution in [2.75, 3.05) is 26.1 Å². The van der Waals surface area contributed by atoms with Crippen LogP contribution in [0.4, 0.5) is 10.5 Å². The number of ether oxygens (including phenoxy) is 3. The highest BCUT2D eigenvalue weighted by Crippen LogP contribution is 2.27. The predicted molar refractivity (Wildman–Crippen MR) is 113 cm³/mol. The van der Waals surface area contributed by atoms with Gasteiger partial charge in [-0.05, 0) is 35.4 Å². The minimum atomic E-state index is -0.529. The summed E-state index contributed by atoms with van der Waals surface area (Å²) in [6.45, 7) is 2.19. The molecule has 0 aromatic heterocycles. The molecule has 0 aliphatic carbocycles. The van der Waals surface area contributed by atoms with Crippen LogP contribution in [0.1, 0.15) is 24.5 Å². The third kappa shape index (κ3) is 5.28. The fourth-order valence-electron chi connectivity index (χ4n) is 3.18. The Morgan fingerprint density at radius 1 is 1.13 bits per heavy atom. The Bertz CT molecular complexity index is 940. The largest absolute Gasteiger partial charge is 0.493 e. The van der Waals surface area contributed by atoms with E-state index in [0.29, 0.717) is 30.0 Å². The average Bonchev–Trinajstić information content (AvgIpc) is 2.74. The molecule has 0 fully saturated rings. The fourth-order valence-corrected chi connectivity index (χ4v) is 3.18. The van der Waals surface area contributed by atoms with E-state index < -0.39 is 6.09 Å². The molecule has 1 aliphatic heterocycles. The van der Waals surface area contributed by atoms with Crippen LogP contribution in [0.15, 0.2) is 47.6 Å². The molecule has 0 saturated carbocycles. The SMILES string of the molecule is COc1ccc(CCOC(=O)Nc2ccc(C3=NNC(=O)CC3C)cc2)cc1OC. The van der Waals surface area contributed by atoms with Crippen molar-refractivity contribution in [2.24, 2.45) is 11.0 Å². The van der Waals surface area contributed by atoms with E-state index in [1.54, 1.807) is 26.4 Å². The van der Waals surface area contributed by atoms with Gasteiger partial charge in [-0.25, -0.2) is 10.2 Å². The summed E-state index contributed by atoms with van der Waals surface area (Å²) < 4.78 is 15.7. The van der Waals surface area contributed by atoms with E-state index in [1.165, 1.54) is 0 Å². The van der Waals surface area contributed by atoms with Crippen molar-refractivity contribution in [1.82, 2.24) is 5.43 Å². The van der Waals surface area contributed by atoms with Crippen molar-refractivity contribution in [3.8, 4) is 11.5 Å². The van der Waals surface area contributed by atoms with Crippen LogP contribution in [0.5, 0.6) is 11.5 Å². The maximum absolute atomic E-state index is 12.1. The summed E-state index contributed by atoms with van der Waals surface area (Å²) in [5, 5.41) is 6.84. The normalized spacial score (nSPS) is 15.6. The second-order valence-electron chi connectivity index (χ2n) is 6.91. The number of carbonyl (C=O) groups excluding carboxylic acids is 2. The monoisotopic (exact) mass is 411 g/mol. The third-order valence-electron chi connectivity index (χ3n) is 4.76. The van der Waals surface area contributed by atoms with Gasteiger partial charge in [-0.15, -0.1) is 0 Å². The molecule has 1 aliphatic rings. The molecule has 3 rings (SSSR count). The highest BCUT2D eigenvalue weighted by atomic mass is 16.5.